The Morgan fingerprint density at radius 3 is 2.60 bits per heavy atom. The zero-order chi connectivity index (χ0) is 15.4. The number of sulfonamides is 1. The Morgan fingerprint density at radius 1 is 1.50 bits per heavy atom. The zero-order valence-electron chi connectivity index (χ0n) is 11.5. The van der Waals surface area contributed by atoms with Crippen molar-refractivity contribution in [1.29, 1.82) is 5.26 Å². The molecule has 0 aliphatic rings. The van der Waals surface area contributed by atoms with E-state index in [1.165, 1.54) is 18.2 Å². The van der Waals surface area contributed by atoms with Crippen molar-refractivity contribution in [3.8, 4) is 6.07 Å². The van der Waals surface area contributed by atoms with E-state index in [1.54, 1.807) is 6.92 Å². The van der Waals surface area contributed by atoms with Gasteiger partial charge in [0.25, 0.3) is 0 Å². The van der Waals surface area contributed by atoms with E-state index in [1.807, 2.05) is 13.0 Å². The van der Waals surface area contributed by atoms with Crippen LogP contribution in [0, 0.1) is 11.3 Å². The number of nitrogen functional groups attached to an aromatic ring is 1. The van der Waals surface area contributed by atoms with E-state index < -0.39 is 15.6 Å². The number of aliphatic hydroxyl groups is 1. The molecule has 0 radical (unpaired) electrons. The van der Waals surface area contributed by atoms with Gasteiger partial charge in [-0.05, 0) is 38.0 Å². The van der Waals surface area contributed by atoms with Gasteiger partial charge in [0.05, 0.1) is 17.3 Å². The van der Waals surface area contributed by atoms with Crippen molar-refractivity contribution < 1.29 is 13.5 Å². The van der Waals surface area contributed by atoms with Crippen LogP contribution in [0.5, 0.6) is 0 Å². The molecule has 1 rings (SSSR count). The van der Waals surface area contributed by atoms with Gasteiger partial charge in [0.15, 0.2) is 0 Å². The molecule has 0 aromatic heterocycles. The molecule has 0 fully saturated rings. The van der Waals surface area contributed by atoms with Crippen LogP contribution >= 0.6 is 0 Å². The van der Waals surface area contributed by atoms with Gasteiger partial charge in [-0.3, -0.25) is 0 Å². The first-order chi connectivity index (χ1) is 9.28. The van der Waals surface area contributed by atoms with Crippen molar-refractivity contribution in [2.45, 2.75) is 37.1 Å². The number of nitrogens with one attached hydrogen (secondary N) is 1. The van der Waals surface area contributed by atoms with Gasteiger partial charge in [-0.1, -0.05) is 6.92 Å². The topological polar surface area (TPSA) is 116 Å². The minimum atomic E-state index is -3.80. The Morgan fingerprint density at radius 2 is 2.15 bits per heavy atom. The van der Waals surface area contributed by atoms with E-state index in [0.29, 0.717) is 18.4 Å². The van der Waals surface area contributed by atoms with Crippen molar-refractivity contribution >= 4 is 15.7 Å². The van der Waals surface area contributed by atoms with Crippen LogP contribution in [0.3, 0.4) is 0 Å². The number of hydrogen-bond acceptors (Lipinski definition) is 5. The van der Waals surface area contributed by atoms with Crippen molar-refractivity contribution in [2.24, 2.45) is 0 Å². The summed E-state index contributed by atoms with van der Waals surface area (Å²) < 4.78 is 27.3. The molecule has 4 N–H and O–H groups in total. The highest BCUT2D eigenvalue weighted by molar-refractivity contribution is 7.89. The summed E-state index contributed by atoms with van der Waals surface area (Å²) in [5, 5.41) is 17.8. The number of nitrogens with two attached hydrogens (primary N) is 1. The third-order valence-electron chi connectivity index (χ3n) is 3.25. The average molecular weight is 297 g/mol. The van der Waals surface area contributed by atoms with Crippen LogP contribution in [0.15, 0.2) is 23.1 Å². The van der Waals surface area contributed by atoms with E-state index in [9.17, 15) is 8.42 Å². The molecule has 0 saturated carbocycles. The molecule has 0 amide bonds. The number of anilines is 1. The quantitative estimate of drug-likeness (QED) is 0.676. The number of aliphatic hydroxyl groups excluding tert-OH is 1. The lowest BCUT2D eigenvalue weighted by Crippen LogP contribution is -2.46. The highest BCUT2D eigenvalue weighted by Crippen LogP contribution is 2.23. The largest absolute Gasteiger partial charge is 0.398 e. The van der Waals surface area contributed by atoms with Crippen LogP contribution in [0.1, 0.15) is 32.3 Å². The number of benzene rings is 1. The first-order valence-corrected chi connectivity index (χ1v) is 7.71. The van der Waals surface area contributed by atoms with Crippen molar-refractivity contribution in [3.63, 3.8) is 0 Å². The lowest BCUT2D eigenvalue weighted by Gasteiger charge is -2.28. The van der Waals surface area contributed by atoms with Crippen LogP contribution in [-0.2, 0) is 10.0 Å². The zero-order valence-corrected chi connectivity index (χ0v) is 12.4. The SMILES string of the molecule is CCC(C)(CCO)NS(=O)(=O)c1ccc(C#N)cc1N. The first-order valence-electron chi connectivity index (χ1n) is 6.22. The number of nitriles is 1. The Labute approximate surface area is 119 Å². The molecule has 0 aliphatic carbocycles. The van der Waals surface area contributed by atoms with Crippen LogP contribution in [0.2, 0.25) is 0 Å². The smallest absolute Gasteiger partial charge is 0.243 e. The van der Waals surface area contributed by atoms with Gasteiger partial charge in [0.2, 0.25) is 10.0 Å². The van der Waals surface area contributed by atoms with E-state index in [0.717, 1.165) is 0 Å². The Balaban J connectivity index is 3.15. The van der Waals surface area contributed by atoms with Crippen LogP contribution in [-0.4, -0.2) is 25.7 Å². The second kappa shape index (κ2) is 6.22. The normalized spacial score (nSPS) is 14.5. The summed E-state index contributed by atoms with van der Waals surface area (Å²) in [5.41, 5.74) is 5.28. The predicted molar refractivity (Wildman–Crippen MR) is 76.3 cm³/mol. The van der Waals surface area contributed by atoms with Gasteiger partial charge in [0.1, 0.15) is 4.90 Å². The maximum Gasteiger partial charge on any atom is 0.243 e. The van der Waals surface area contributed by atoms with Gasteiger partial charge < -0.3 is 10.8 Å². The van der Waals surface area contributed by atoms with E-state index in [4.69, 9.17) is 16.1 Å². The molecule has 1 unspecified atom stereocenters. The average Bonchev–Trinajstić information content (AvgIpc) is 2.37. The molecule has 1 aromatic carbocycles. The fraction of sp³-hybridized carbons (Fsp3) is 0.462. The minimum absolute atomic E-state index is 0.0269. The first kappa shape index (κ1) is 16.4. The number of nitrogens with zero attached hydrogens (tertiary/aromatic N) is 1. The Hall–Kier alpha value is -1.62. The molecule has 1 atom stereocenters. The maximum atomic E-state index is 12.3. The monoisotopic (exact) mass is 297 g/mol. The molecule has 0 bridgehead atoms. The molecule has 6 nitrogen and oxygen atoms in total. The second-order valence-electron chi connectivity index (χ2n) is 4.86. The van der Waals surface area contributed by atoms with Gasteiger partial charge >= 0.3 is 0 Å². The fourth-order valence-electron chi connectivity index (χ4n) is 1.79. The van der Waals surface area contributed by atoms with Crippen LogP contribution in [0.25, 0.3) is 0 Å². The van der Waals surface area contributed by atoms with E-state index in [2.05, 4.69) is 4.72 Å². The molecule has 0 saturated heterocycles. The van der Waals surface area contributed by atoms with Crippen molar-refractivity contribution in [1.82, 2.24) is 4.72 Å². The van der Waals surface area contributed by atoms with Gasteiger partial charge in [0, 0.05) is 12.1 Å². The third kappa shape index (κ3) is 3.70. The fourth-order valence-corrected chi connectivity index (χ4v) is 3.41. The summed E-state index contributed by atoms with van der Waals surface area (Å²) in [6, 6.07) is 5.93. The second-order valence-corrected chi connectivity index (χ2v) is 6.51. The van der Waals surface area contributed by atoms with E-state index in [-0.39, 0.29) is 17.2 Å². The highest BCUT2D eigenvalue weighted by atomic mass is 32.2. The molecule has 110 valence electrons. The van der Waals surface area contributed by atoms with Crippen molar-refractivity contribution in [2.75, 3.05) is 12.3 Å². The molecular weight excluding hydrogens is 278 g/mol. The molecule has 0 aliphatic heterocycles. The van der Waals surface area contributed by atoms with Crippen LogP contribution in [0.4, 0.5) is 5.69 Å². The molecular formula is C13H19N3O3S. The summed E-state index contributed by atoms with van der Waals surface area (Å²) >= 11 is 0. The highest BCUT2D eigenvalue weighted by Gasteiger charge is 2.29. The molecule has 0 spiro atoms. The summed E-state index contributed by atoms with van der Waals surface area (Å²) in [4.78, 5) is -0.0610. The van der Waals surface area contributed by atoms with E-state index >= 15 is 0 Å². The number of hydrogen-bond donors (Lipinski definition) is 3. The van der Waals surface area contributed by atoms with Gasteiger partial charge in [-0.15, -0.1) is 0 Å². The summed E-state index contributed by atoms with van der Waals surface area (Å²) in [6.45, 7) is 3.44. The third-order valence-corrected chi connectivity index (χ3v) is 4.97. The maximum absolute atomic E-state index is 12.3. The molecule has 20 heavy (non-hydrogen) atoms. The summed E-state index contributed by atoms with van der Waals surface area (Å²) in [7, 11) is -3.80. The minimum Gasteiger partial charge on any atom is -0.398 e. The molecule has 0 heterocycles. The summed E-state index contributed by atoms with van der Waals surface area (Å²) in [5.74, 6) is 0. The lowest BCUT2D eigenvalue weighted by atomic mass is 9.97. The van der Waals surface area contributed by atoms with Crippen LogP contribution < -0.4 is 10.5 Å². The molecule has 1 aromatic rings. The van der Waals surface area contributed by atoms with Gasteiger partial charge in [-0.2, -0.15) is 5.26 Å². The lowest BCUT2D eigenvalue weighted by molar-refractivity contribution is 0.233. The Kier molecular flexibility index (Phi) is 5.11. The standard InChI is InChI=1S/C13H19N3O3S/c1-3-13(2,6-7-17)16-20(18,19)12-5-4-10(9-14)8-11(12)15/h4-5,8,16-17H,3,6-7,15H2,1-2H3. The predicted octanol–water partition coefficient (Wildman–Crippen LogP) is 0.970. The molecule has 7 heteroatoms. The van der Waals surface area contributed by atoms with Crippen molar-refractivity contribution in [3.05, 3.63) is 23.8 Å². The Bertz CT molecular complexity index is 622. The van der Waals surface area contributed by atoms with Gasteiger partial charge in [-0.25, -0.2) is 13.1 Å². The number of rotatable bonds is 6. The summed E-state index contributed by atoms with van der Waals surface area (Å²) in [6.07, 6.45) is 0.835.